The van der Waals surface area contributed by atoms with Gasteiger partial charge in [0.2, 0.25) is 0 Å². The minimum Gasteiger partial charge on any atom is -0.309 e. The molecule has 40 heavy (non-hydrogen) atoms. The maximum absolute atomic E-state index is 14.2. The summed E-state index contributed by atoms with van der Waals surface area (Å²) in [6.45, 7) is 8.43. The molecule has 8 rings (SSSR count). The SMILES string of the molecule is Cc1cc(C)c(-n2c3ccccc3c3cc4c(cc32)c(=O)c2cccc3c(=O)c5cc(C)ccc5n4c32)c(C)c1. The molecule has 0 saturated carbocycles. The molecule has 4 heteroatoms. The Morgan fingerprint density at radius 3 is 1.82 bits per heavy atom. The summed E-state index contributed by atoms with van der Waals surface area (Å²) in [7, 11) is 0. The van der Waals surface area contributed by atoms with Crippen LogP contribution >= 0.6 is 0 Å². The van der Waals surface area contributed by atoms with Gasteiger partial charge in [0.15, 0.2) is 10.9 Å². The van der Waals surface area contributed by atoms with Crippen molar-refractivity contribution < 1.29 is 0 Å². The van der Waals surface area contributed by atoms with Crippen LogP contribution in [0, 0.1) is 27.7 Å². The lowest BCUT2D eigenvalue weighted by Crippen LogP contribution is -2.14. The van der Waals surface area contributed by atoms with Crippen molar-refractivity contribution >= 4 is 59.9 Å². The Morgan fingerprint density at radius 1 is 0.475 bits per heavy atom. The molecule has 192 valence electrons. The molecule has 4 nitrogen and oxygen atoms in total. The van der Waals surface area contributed by atoms with E-state index in [0.717, 1.165) is 44.1 Å². The lowest BCUT2D eigenvalue weighted by atomic mass is 10.0. The average molecular weight is 519 g/mol. The summed E-state index contributed by atoms with van der Waals surface area (Å²) in [6.07, 6.45) is 0. The first-order valence-electron chi connectivity index (χ1n) is 13.6. The van der Waals surface area contributed by atoms with Crippen LogP contribution in [0.4, 0.5) is 0 Å². The van der Waals surface area contributed by atoms with Crippen molar-refractivity contribution in [1.29, 1.82) is 0 Å². The van der Waals surface area contributed by atoms with Crippen LogP contribution in [0.1, 0.15) is 22.3 Å². The minimum absolute atomic E-state index is 0.0361. The summed E-state index contributed by atoms with van der Waals surface area (Å²) in [6, 6.07) is 28.6. The van der Waals surface area contributed by atoms with Crippen LogP contribution in [0.25, 0.3) is 65.6 Å². The summed E-state index contributed by atoms with van der Waals surface area (Å²) in [4.78, 5) is 27.8. The lowest BCUT2D eigenvalue weighted by Gasteiger charge is -2.17. The highest BCUT2D eigenvalue weighted by Gasteiger charge is 2.21. The summed E-state index contributed by atoms with van der Waals surface area (Å²) in [5.41, 5.74) is 10.1. The van der Waals surface area contributed by atoms with Crippen molar-refractivity contribution in [2.75, 3.05) is 0 Å². The molecule has 0 aliphatic carbocycles. The van der Waals surface area contributed by atoms with Crippen LogP contribution in [0.3, 0.4) is 0 Å². The fraction of sp³-hybridized carbons (Fsp3) is 0.111. The Balaban J connectivity index is 1.68. The van der Waals surface area contributed by atoms with Crippen molar-refractivity contribution in [2.45, 2.75) is 27.7 Å². The fourth-order valence-corrected chi connectivity index (χ4v) is 6.98. The van der Waals surface area contributed by atoms with Crippen molar-refractivity contribution in [2.24, 2.45) is 0 Å². The Bertz CT molecular complexity index is 2490. The monoisotopic (exact) mass is 518 g/mol. The lowest BCUT2D eigenvalue weighted by molar-refractivity contribution is 1.11. The first kappa shape index (κ1) is 23.0. The van der Waals surface area contributed by atoms with Gasteiger partial charge >= 0.3 is 0 Å². The number of pyridine rings is 2. The largest absolute Gasteiger partial charge is 0.309 e. The zero-order chi connectivity index (χ0) is 27.4. The van der Waals surface area contributed by atoms with Gasteiger partial charge in [-0.05, 0) is 81.3 Å². The van der Waals surface area contributed by atoms with E-state index in [1.165, 1.54) is 16.7 Å². The molecule has 0 unspecified atom stereocenters. The van der Waals surface area contributed by atoms with Crippen LogP contribution in [0.15, 0.2) is 94.5 Å². The zero-order valence-electron chi connectivity index (χ0n) is 22.8. The Kier molecular flexibility index (Phi) is 4.48. The van der Waals surface area contributed by atoms with Gasteiger partial charge in [-0.15, -0.1) is 0 Å². The van der Waals surface area contributed by atoms with Crippen molar-refractivity contribution in [3.8, 4) is 5.69 Å². The van der Waals surface area contributed by atoms with E-state index in [2.05, 4.69) is 78.3 Å². The average Bonchev–Trinajstić information content (AvgIpc) is 3.25. The van der Waals surface area contributed by atoms with E-state index in [1.807, 2.05) is 43.3 Å². The molecule has 0 atom stereocenters. The van der Waals surface area contributed by atoms with E-state index in [-0.39, 0.29) is 10.9 Å². The number of aromatic nitrogens is 2. The predicted octanol–water partition coefficient (Wildman–Crippen LogP) is 7.89. The third-order valence-electron chi connectivity index (χ3n) is 8.52. The van der Waals surface area contributed by atoms with E-state index in [1.54, 1.807) is 0 Å². The first-order chi connectivity index (χ1) is 19.3. The number of aryl methyl sites for hydroxylation is 4. The van der Waals surface area contributed by atoms with Crippen LogP contribution in [-0.2, 0) is 0 Å². The molecule has 3 heterocycles. The fourth-order valence-electron chi connectivity index (χ4n) is 6.98. The first-order valence-corrected chi connectivity index (χ1v) is 13.6. The van der Waals surface area contributed by atoms with Crippen LogP contribution < -0.4 is 10.9 Å². The summed E-state index contributed by atoms with van der Waals surface area (Å²) in [5.74, 6) is 0. The molecule has 8 aromatic rings. The number of benzene rings is 5. The van der Waals surface area contributed by atoms with Gasteiger partial charge in [0.25, 0.3) is 0 Å². The highest BCUT2D eigenvalue weighted by atomic mass is 16.1. The normalized spacial score (nSPS) is 12.2. The number of nitrogens with zero attached hydrogens (tertiary/aromatic N) is 2. The molecule has 0 saturated heterocycles. The van der Waals surface area contributed by atoms with Gasteiger partial charge in [0, 0.05) is 32.3 Å². The highest BCUT2D eigenvalue weighted by Crippen LogP contribution is 2.37. The molecule has 0 aliphatic rings. The minimum atomic E-state index is -0.0532. The molecular formula is C36H26N2O2. The second kappa shape index (κ2) is 7.80. The van der Waals surface area contributed by atoms with E-state index < -0.39 is 0 Å². The Labute approximate surface area is 229 Å². The molecule has 0 bridgehead atoms. The quantitative estimate of drug-likeness (QED) is 0.164. The third kappa shape index (κ3) is 2.85. The molecule has 0 spiro atoms. The number of fused-ring (bicyclic) bond motifs is 7. The second-order valence-corrected chi connectivity index (χ2v) is 11.2. The van der Waals surface area contributed by atoms with E-state index in [9.17, 15) is 9.59 Å². The van der Waals surface area contributed by atoms with Crippen LogP contribution in [-0.4, -0.2) is 8.97 Å². The van der Waals surface area contributed by atoms with Gasteiger partial charge in [-0.2, -0.15) is 0 Å². The maximum Gasteiger partial charge on any atom is 0.197 e. The zero-order valence-corrected chi connectivity index (χ0v) is 22.8. The third-order valence-corrected chi connectivity index (χ3v) is 8.52. The Hall–Kier alpha value is -4.96. The molecule has 0 amide bonds. The van der Waals surface area contributed by atoms with Gasteiger partial charge in [-0.3, -0.25) is 9.59 Å². The van der Waals surface area contributed by atoms with E-state index in [4.69, 9.17) is 0 Å². The molecular weight excluding hydrogens is 492 g/mol. The van der Waals surface area contributed by atoms with Gasteiger partial charge in [-0.25, -0.2) is 0 Å². The standard InChI is InChI=1S/C36H26N2O2/c1-19-12-13-30-27(16-19)35(39)24-9-7-10-25-34(24)38(30)32-17-26-23-8-5-6-11-29(23)37(31(26)18-28(32)36(25)40)33-21(3)14-20(2)15-22(33)4/h5-18H,1-4H3. The molecule has 3 aromatic heterocycles. The molecule has 5 aromatic carbocycles. The molecule has 0 fully saturated rings. The number of hydrogen-bond acceptors (Lipinski definition) is 2. The Morgan fingerprint density at radius 2 is 1.10 bits per heavy atom. The number of hydrogen-bond donors (Lipinski definition) is 0. The summed E-state index contributed by atoms with van der Waals surface area (Å²) < 4.78 is 4.44. The predicted molar refractivity (Wildman–Crippen MR) is 167 cm³/mol. The highest BCUT2D eigenvalue weighted by molar-refractivity contribution is 6.16. The van der Waals surface area contributed by atoms with Crippen molar-refractivity contribution in [3.05, 3.63) is 128 Å². The molecule has 0 N–H and O–H groups in total. The second-order valence-electron chi connectivity index (χ2n) is 11.2. The van der Waals surface area contributed by atoms with Crippen molar-refractivity contribution in [3.63, 3.8) is 0 Å². The summed E-state index contributed by atoms with van der Waals surface area (Å²) >= 11 is 0. The number of rotatable bonds is 1. The maximum atomic E-state index is 14.2. The van der Waals surface area contributed by atoms with E-state index in [0.29, 0.717) is 27.1 Å². The van der Waals surface area contributed by atoms with Gasteiger partial charge < -0.3 is 8.97 Å². The van der Waals surface area contributed by atoms with Crippen molar-refractivity contribution in [1.82, 2.24) is 8.97 Å². The van der Waals surface area contributed by atoms with Gasteiger partial charge in [0.05, 0.1) is 33.3 Å². The molecule has 0 aliphatic heterocycles. The molecule has 0 radical (unpaired) electrons. The van der Waals surface area contributed by atoms with Gasteiger partial charge in [0.1, 0.15) is 0 Å². The topological polar surface area (TPSA) is 43.5 Å². The number of para-hydroxylation sites is 2. The summed E-state index contributed by atoms with van der Waals surface area (Å²) in [5, 5.41) is 4.65. The van der Waals surface area contributed by atoms with Crippen LogP contribution in [0.5, 0.6) is 0 Å². The van der Waals surface area contributed by atoms with E-state index >= 15 is 0 Å². The van der Waals surface area contributed by atoms with Gasteiger partial charge in [-0.1, -0.05) is 53.6 Å². The smallest absolute Gasteiger partial charge is 0.197 e. The van der Waals surface area contributed by atoms with Crippen LogP contribution in [0.2, 0.25) is 0 Å².